The molecule has 0 spiro atoms. The molecule has 2 aliphatic rings. The average Bonchev–Trinajstić information content (AvgIpc) is 3.06. The number of hydrogen-bond acceptors (Lipinski definition) is 6. The second-order valence-corrected chi connectivity index (χ2v) is 11.3. The molecule has 10 heteroatoms. The summed E-state index contributed by atoms with van der Waals surface area (Å²) in [6.07, 6.45) is -0.743. The smallest absolute Gasteiger partial charge is 0.417 e. The molecular weight excluding hydrogens is 525 g/mol. The monoisotopic (exact) mass is 560 g/mol. The summed E-state index contributed by atoms with van der Waals surface area (Å²) >= 11 is 4.69. The van der Waals surface area contributed by atoms with Crippen LogP contribution in [0.2, 0.25) is 0 Å². The number of ether oxygens (including phenoxy) is 1. The lowest BCUT2D eigenvalue weighted by atomic mass is 9.91. The summed E-state index contributed by atoms with van der Waals surface area (Å²) in [6, 6.07) is 11.1. The molecule has 0 aliphatic carbocycles. The maximum absolute atomic E-state index is 13.6. The van der Waals surface area contributed by atoms with E-state index >= 15 is 0 Å². The van der Waals surface area contributed by atoms with Crippen molar-refractivity contribution in [2.45, 2.75) is 76.6 Å². The van der Waals surface area contributed by atoms with Crippen molar-refractivity contribution in [3.8, 4) is 11.8 Å². The van der Waals surface area contributed by atoms with Crippen molar-refractivity contribution in [3.63, 3.8) is 0 Å². The lowest BCUT2D eigenvalue weighted by Gasteiger charge is -2.34. The normalized spacial score (nSPS) is 23.2. The van der Waals surface area contributed by atoms with E-state index in [2.05, 4.69) is 12.2 Å². The Morgan fingerprint density at radius 2 is 1.92 bits per heavy atom. The van der Waals surface area contributed by atoms with Gasteiger partial charge < -0.3 is 15.0 Å². The third-order valence-corrected chi connectivity index (χ3v) is 8.19. The summed E-state index contributed by atoms with van der Waals surface area (Å²) < 4.78 is 47.0. The Morgan fingerprint density at radius 1 is 1.21 bits per heavy atom. The second kappa shape index (κ2) is 11.3. The van der Waals surface area contributed by atoms with Gasteiger partial charge in [0.15, 0.2) is 5.50 Å². The van der Waals surface area contributed by atoms with Gasteiger partial charge in [-0.2, -0.15) is 18.4 Å². The molecule has 3 atom stereocenters. The molecule has 2 heterocycles. The summed E-state index contributed by atoms with van der Waals surface area (Å²) in [5, 5.41) is 12.6. The lowest BCUT2D eigenvalue weighted by molar-refractivity contribution is -0.137. The van der Waals surface area contributed by atoms with E-state index in [1.807, 2.05) is 25.1 Å². The Labute approximate surface area is 233 Å². The molecule has 4 rings (SSSR count). The molecule has 1 N–H and O–H groups in total. The van der Waals surface area contributed by atoms with Crippen LogP contribution in [0.5, 0.6) is 5.75 Å². The highest BCUT2D eigenvalue weighted by atomic mass is 32.1. The molecule has 210 valence electrons. The fraction of sp³-hybridized carbons (Fsp3) is 0.517. The van der Waals surface area contributed by atoms with Crippen LogP contribution in [0.1, 0.15) is 63.6 Å². The molecule has 0 bridgehead atoms. The van der Waals surface area contributed by atoms with E-state index in [1.165, 1.54) is 11.0 Å². The van der Waals surface area contributed by atoms with Crippen LogP contribution in [0, 0.1) is 17.2 Å². The van der Waals surface area contributed by atoms with Crippen molar-refractivity contribution in [2.75, 3.05) is 23.0 Å². The molecule has 1 amide bonds. The number of aryl methyl sites for hydroxylation is 1. The van der Waals surface area contributed by atoms with Gasteiger partial charge in [-0.1, -0.05) is 6.92 Å². The Balaban J connectivity index is 1.58. The standard InChI is InChI=1S/C29H35F3N4O2S/c1-5-20-15-23(8-9-25(20)38-13-11-19-10-12-34-18(2)14-19)36-27(39)35(26(37)28(36,3)4)22-7-6-21(17-33)24(16-22)29(30,31)32/h6-9,15-16,18-19,27,34,39H,5,10-14H2,1-4H3/t18-,19-,27?/m1/s1. The van der Waals surface area contributed by atoms with Crippen LogP contribution in [-0.4, -0.2) is 36.1 Å². The van der Waals surface area contributed by atoms with Crippen LogP contribution >= 0.6 is 12.6 Å². The number of nitriles is 1. The maximum atomic E-state index is 13.6. The average molecular weight is 561 g/mol. The molecule has 0 radical (unpaired) electrons. The molecule has 2 saturated heterocycles. The third kappa shape index (κ3) is 5.85. The van der Waals surface area contributed by atoms with Crippen molar-refractivity contribution in [1.82, 2.24) is 5.32 Å². The number of amides is 1. The third-order valence-electron chi connectivity index (χ3n) is 7.73. The minimum Gasteiger partial charge on any atom is -0.493 e. The number of anilines is 2. The van der Waals surface area contributed by atoms with E-state index in [-0.39, 0.29) is 5.69 Å². The summed E-state index contributed by atoms with van der Waals surface area (Å²) in [5.74, 6) is 1.04. The Hall–Kier alpha value is -2.90. The quantitative estimate of drug-likeness (QED) is 0.398. The first-order valence-corrected chi connectivity index (χ1v) is 13.8. The highest BCUT2D eigenvalue weighted by molar-refractivity contribution is 7.81. The van der Waals surface area contributed by atoms with E-state index in [0.717, 1.165) is 54.9 Å². The fourth-order valence-electron chi connectivity index (χ4n) is 5.59. The predicted octanol–water partition coefficient (Wildman–Crippen LogP) is 6.14. The van der Waals surface area contributed by atoms with E-state index in [9.17, 15) is 18.0 Å². The number of carbonyl (C=O) groups is 1. The Kier molecular flexibility index (Phi) is 8.43. The second-order valence-electron chi connectivity index (χ2n) is 10.8. The summed E-state index contributed by atoms with van der Waals surface area (Å²) in [7, 11) is 0. The number of rotatable bonds is 7. The summed E-state index contributed by atoms with van der Waals surface area (Å²) in [4.78, 5) is 16.6. The van der Waals surface area contributed by atoms with Crippen LogP contribution < -0.4 is 19.9 Å². The molecule has 39 heavy (non-hydrogen) atoms. The van der Waals surface area contributed by atoms with Crippen molar-refractivity contribution >= 4 is 29.9 Å². The zero-order valence-electron chi connectivity index (χ0n) is 22.7. The number of nitrogens with one attached hydrogen (secondary N) is 1. The van der Waals surface area contributed by atoms with Gasteiger partial charge in [0.25, 0.3) is 5.91 Å². The number of thiol groups is 1. The first-order valence-electron chi connectivity index (χ1n) is 13.3. The van der Waals surface area contributed by atoms with Gasteiger partial charge >= 0.3 is 6.18 Å². The number of nitrogens with zero attached hydrogens (tertiary/aromatic N) is 3. The van der Waals surface area contributed by atoms with E-state index in [0.29, 0.717) is 25.0 Å². The number of alkyl halides is 3. The Morgan fingerprint density at radius 3 is 2.56 bits per heavy atom. The molecule has 2 aromatic rings. The van der Waals surface area contributed by atoms with Crippen LogP contribution in [-0.2, 0) is 17.4 Å². The van der Waals surface area contributed by atoms with Crippen molar-refractivity contribution in [1.29, 1.82) is 5.26 Å². The predicted molar refractivity (Wildman–Crippen MR) is 149 cm³/mol. The van der Waals surface area contributed by atoms with Gasteiger partial charge in [-0.25, -0.2) is 0 Å². The molecule has 6 nitrogen and oxygen atoms in total. The van der Waals surface area contributed by atoms with E-state index in [4.69, 9.17) is 22.6 Å². The van der Waals surface area contributed by atoms with Gasteiger partial charge in [-0.05, 0) is 101 Å². The van der Waals surface area contributed by atoms with Gasteiger partial charge in [-0.3, -0.25) is 9.69 Å². The first-order chi connectivity index (χ1) is 18.4. The fourth-order valence-corrected chi connectivity index (χ4v) is 6.25. The van der Waals surface area contributed by atoms with Crippen molar-refractivity contribution < 1.29 is 22.7 Å². The van der Waals surface area contributed by atoms with Gasteiger partial charge in [0.1, 0.15) is 11.3 Å². The minimum atomic E-state index is -4.73. The lowest BCUT2D eigenvalue weighted by Crippen LogP contribution is -2.45. The van der Waals surface area contributed by atoms with Gasteiger partial charge in [0.05, 0.1) is 23.8 Å². The van der Waals surface area contributed by atoms with Crippen molar-refractivity contribution in [2.24, 2.45) is 5.92 Å². The van der Waals surface area contributed by atoms with Crippen molar-refractivity contribution in [3.05, 3.63) is 53.1 Å². The molecule has 1 unspecified atom stereocenters. The number of carbonyl (C=O) groups excluding carboxylic acids is 1. The zero-order valence-corrected chi connectivity index (χ0v) is 23.6. The van der Waals surface area contributed by atoms with Gasteiger partial charge in [0, 0.05) is 17.4 Å². The van der Waals surface area contributed by atoms with Crippen LogP contribution in [0.15, 0.2) is 36.4 Å². The largest absolute Gasteiger partial charge is 0.493 e. The van der Waals surface area contributed by atoms with Gasteiger partial charge in [0.2, 0.25) is 0 Å². The zero-order chi connectivity index (χ0) is 28.5. The SMILES string of the molecule is CCc1cc(N2C(S)N(c3ccc(C#N)c(C(F)(F)F)c3)C(=O)C2(C)C)ccc1OCC[C@H]1CCN[C@H](C)C1. The highest BCUT2D eigenvalue weighted by Gasteiger charge is 2.51. The van der Waals surface area contributed by atoms with Gasteiger partial charge in [-0.15, -0.1) is 12.6 Å². The van der Waals surface area contributed by atoms with E-state index in [1.54, 1.807) is 24.8 Å². The topological polar surface area (TPSA) is 68.6 Å². The molecule has 0 saturated carbocycles. The molecule has 2 aliphatic heterocycles. The van der Waals surface area contributed by atoms with Crippen LogP contribution in [0.4, 0.5) is 24.5 Å². The Bertz CT molecular complexity index is 1260. The minimum absolute atomic E-state index is 0.0322. The van der Waals surface area contributed by atoms with Crippen LogP contribution in [0.25, 0.3) is 0 Å². The van der Waals surface area contributed by atoms with Crippen LogP contribution in [0.3, 0.4) is 0 Å². The number of halogens is 3. The number of hydrogen-bond donors (Lipinski definition) is 2. The molecule has 2 aromatic carbocycles. The first kappa shape index (κ1) is 29.1. The number of piperidine rings is 1. The maximum Gasteiger partial charge on any atom is 0.417 e. The van der Waals surface area contributed by atoms with E-state index < -0.39 is 34.2 Å². The molecule has 0 aromatic heterocycles. The molecular formula is C29H35F3N4O2S. The molecule has 2 fully saturated rings. The number of benzene rings is 2. The summed E-state index contributed by atoms with van der Waals surface area (Å²) in [6.45, 7) is 9.35. The summed E-state index contributed by atoms with van der Waals surface area (Å²) in [5.41, 5.74) is -1.80. The highest BCUT2D eigenvalue weighted by Crippen LogP contribution is 2.43.